The predicted molar refractivity (Wildman–Crippen MR) is 54.7 cm³/mol. The molecule has 0 bridgehead atoms. The van der Waals surface area contributed by atoms with Gasteiger partial charge in [-0.3, -0.25) is 4.79 Å². The highest BCUT2D eigenvalue weighted by atomic mass is 16.5. The molecule has 3 rings (SSSR count). The number of carbonyl (C=O) groups excluding carboxylic acids is 1. The predicted octanol–water partition coefficient (Wildman–Crippen LogP) is 0.919. The summed E-state index contributed by atoms with van der Waals surface area (Å²) >= 11 is 0. The Morgan fingerprint density at radius 3 is 3.20 bits per heavy atom. The molecule has 0 saturated heterocycles. The van der Waals surface area contributed by atoms with Gasteiger partial charge in [0.15, 0.2) is 0 Å². The summed E-state index contributed by atoms with van der Waals surface area (Å²) in [5.74, 6) is 0.920. The number of ether oxygens (including phenoxy) is 1. The van der Waals surface area contributed by atoms with Gasteiger partial charge in [-0.15, -0.1) is 0 Å². The fourth-order valence-electron chi connectivity index (χ4n) is 1.99. The van der Waals surface area contributed by atoms with Gasteiger partial charge in [-0.25, -0.2) is 5.43 Å². The van der Waals surface area contributed by atoms with Crippen LogP contribution in [0.3, 0.4) is 0 Å². The van der Waals surface area contributed by atoms with Gasteiger partial charge < -0.3 is 4.74 Å². The molecule has 2 aliphatic heterocycles. The van der Waals surface area contributed by atoms with Crippen LogP contribution in [-0.2, 0) is 4.79 Å². The number of hydrogen-bond donors (Lipinski definition) is 1. The third-order valence-corrected chi connectivity index (χ3v) is 2.72. The van der Waals surface area contributed by atoms with Crippen molar-refractivity contribution in [2.24, 2.45) is 11.0 Å². The lowest BCUT2D eigenvalue weighted by Gasteiger charge is -2.28. The molecule has 0 radical (unpaired) electrons. The second-order valence-electron chi connectivity index (χ2n) is 3.74. The molecule has 1 aromatic rings. The van der Waals surface area contributed by atoms with Crippen molar-refractivity contribution in [2.45, 2.75) is 6.42 Å². The molecule has 0 spiro atoms. The molecule has 4 heteroatoms. The first-order chi connectivity index (χ1) is 7.34. The third kappa shape index (κ3) is 1.29. The van der Waals surface area contributed by atoms with Crippen LogP contribution in [0.2, 0.25) is 0 Å². The molecule has 1 atom stereocenters. The number of para-hydroxylation sites is 1. The normalized spacial score (nSPS) is 23.1. The van der Waals surface area contributed by atoms with Crippen LogP contribution in [0.5, 0.6) is 5.75 Å². The molecule has 15 heavy (non-hydrogen) atoms. The number of fused-ring (bicyclic) bond motifs is 3. The smallest absolute Gasteiger partial charge is 0.240 e. The Kier molecular flexibility index (Phi) is 1.74. The molecule has 2 heterocycles. The van der Waals surface area contributed by atoms with Gasteiger partial charge in [-0.2, -0.15) is 5.10 Å². The van der Waals surface area contributed by atoms with Gasteiger partial charge in [0.25, 0.3) is 0 Å². The number of hydrogen-bond acceptors (Lipinski definition) is 3. The molecule has 0 aliphatic carbocycles. The fourth-order valence-corrected chi connectivity index (χ4v) is 1.99. The van der Waals surface area contributed by atoms with Gasteiger partial charge in [0.2, 0.25) is 5.91 Å². The second kappa shape index (κ2) is 3.08. The van der Waals surface area contributed by atoms with Crippen molar-refractivity contribution in [3.63, 3.8) is 0 Å². The summed E-state index contributed by atoms with van der Waals surface area (Å²) in [6, 6.07) is 7.77. The largest absolute Gasteiger partial charge is 0.492 e. The first kappa shape index (κ1) is 8.47. The Morgan fingerprint density at radius 2 is 2.27 bits per heavy atom. The number of rotatable bonds is 0. The van der Waals surface area contributed by atoms with Crippen LogP contribution in [0.4, 0.5) is 0 Å². The first-order valence-electron chi connectivity index (χ1n) is 4.93. The standard InChI is InChI=1S/C11H10N2O2/c14-10-5-7-6-15-9-4-2-1-3-8(9)11(7)13-12-10/h1-4,7H,5-6H2,(H,12,14)/t7-/m1/s1. The van der Waals surface area contributed by atoms with Gasteiger partial charge in [-0.05, 0) is 12.1 Å². The number of carbonyl (C=O) groups is 1. The summed E-state index contributed by atoms with van der Waals surface area (Å²) in [5, 5.41) is 4.11. The SMILES string of the molecule is O=C1C[C@@H]2COc3ccccc3C2=NN1. The van der Waals surface area contributed by atoms with Gasteiger partial charge >= 0.3 is 0 Å². The van der Waals surface area contributed by atoms with Crippen LogP contribution < -0.4 is 10.2 Å². The lowest BCUT2D eigenvalue weighted by atomic mass is 9.90. The summed E-state index contributed by atoms with van der Waals surface area (Å²) in [4.78, 5) is 11.2. The summed E-state index contributed by atoms with van der Waals surface area (Å²) in [5.41, 5.74) is 4.45. The molecule has 0 saturated carbocycles. The van der Waals surface area contributed by atoms with Crippen LogP contribution in [0, 0.1) is 5.92 Å². The molecular weight excluding hydrogens is 192 g/mol. The van der Waals surface area contributed by atoms with E-state index < -0.39 is 0 Å². The zero-order valence-electron chi connectivity index (χ0n) is 8.06. The Morgan fingerprint density at radius 1 is 1.40 bits per heavy atom. The third-order valence-electron chi connectivity index (χ3n) is 2.72. The zero-order chi connectivity index (χ0) is 10.3. The van der Waals surface area contributed by atoms with E-state index in [1.807, 2.05) is 24.3 Å². The summed E-state index contributed by atoms with van der Waals surface area (Å²) in [6.45, 7) is 0.545. The second-order valence-corrected chi connectivity index (χ2v) is 3.74. The Labute approximate surface area is 86.9 Å². The number of amides is 1. The van der Waals surface area contributed by atoms with Gasteiger partial charge in [0, 0.05) is 17.9 Å². The van der Waals surface area contributed by atoms with E-state index in [9.17, 15) is 4.79 Å². The molecule has 0 unspecified atom stereocenters. The molecule has 0 fully saturated rings. The fraction of sp³-hybridized carbons (Fsp3) is 0.273. The Balaban J connectivity index is 2.09. The van der Waals surface area contributed by atoms with Crippen LogP contribution in [0.15, 0.2) is 29.4 Å². The summed E-state index contributed by atoms with van der Waals surface area (Å²) in [7, 11) is 0. The maximum Gasteiger partial charge on any atom is 0.240 e. The van der Waals surface area contributed by atoms with Crippen molar-refractivity contribution in [3.8, 4) is 5.75 Å². The average Bonchev–Trinajstić information content (AvgIpc) is 2.28. The van der Waals surface area contributed by atoms with E-state index in [4.69, 9.17) is 4.74 Å². The highest BCUT2D eigenvalue weighted by Crippen LogP contribution is 2.29. The van der Waals surface area contributed by atoms with Crippen LogP contribution in [-0.4, -0.2) is 18.2 Å². The number of benzene rings is 1. The molecule has 76 valence electrons. The average molecular weight is 202 g/mol. The zero-order valence-corrected chi connectivity index (χ0v) is 8.06. The minimum absolute atomic E-state index is 0.0354. The summed E-state index contributed by atoms with van der Waals surface area (Å²) < 4.78 is 5.58. The van der Waals surface area contributed by atoms with Crippen molar-refractivity contribution in [2.75, 3.05) is 6.61 Å². The minimum atomic E-state index is -0.0354. The quantitative estimate of drug-likeness (QED) is 0.680. The van der Waals surface area contributed by atoms with Gasteiger partial charge in [0.05, 0.1) is 12.3 Å². The highest BCUT2D eigenvalue weighted by Gasteiger charge is 2.31. The number of nitrogens with zero attached hydrogens (tertiary/aromatic N) is 1. The molecular formula is C11H10N2O2. The molecule has 2 aliphatic rings. The topological polar surface area (TPSA) is 50.7 Å². The maximum absolute atomic E-state index is 11.2. The van der Waals surface area contributed by atoms with E-state index in [0.29, 0.717) is 13.0 Å². The molecule has 1 aromatic carbocycles. The van der Waals surface area contributed by atoms with Crippen molar-refractivity contribution >= 4 is 11.6 Å². The lowest BCUT2D eigenvalue weighted by molar-refractivity contribution is -0.122. The highest BCUT2D eigenvalue weighted by molar-refractivity contribution is 6.08. The Hall–Kier alpha value is -1.84. The van der Waals surface area contributed by atoms with E-state index in [-0.39, 0.29) is 11.8 Å². The van der Waals surface area contributed by atoms with Crippen molar-refractivity contribution in [3.05, 3.63) is 29.8 Å². The number of nitrogens with one attached hydrogen (secondary N) is 1. The summed E-state index contributed by atoms with van der Waals surface area (Å²) in [6.07, 6.45) is 0.465. The van der Waals surface area contributed by atoms with Gasteiger partial charge in [-0.1, -0.05) is 12.1 Å². The first-order valence-corrected chi connectivity index (χ1v) is 4.93. The minimum Gasteiger partial charge on any atom is -0.492 e. The van der Waals surface area contributed by atoms with E-state index in [1.54, 1.807) is 0 Å². The van der Waals surface area contributed by atoms with E-state index in [2.05, 4.69) is 10.5 Å². The van der Waals surface area contributed by atoms with Crippen LogP contribution >= 0.6 is 0 Å². The molecule has 1 amide bonds. The number of hydrazone groups is 1. The van der Waals surface area contributed by atoms with Crippen LogP contribution in [0.1, 0.15) is 12.0 Å². The molecule has 1 N–H and O–H groups in total. The molecule has 4 nitrogen and oxygen atoms in total. The Bertz CT molecular complexity index is 454. The monoisotopic (exact) mass is 202 g/mol. The molecule has 0 aromatic heterocycles. The van der Waals surface area contributed by atoms with E-state index >= 15 is 0 Å². The van der Waals surface area contributed by atoms with E-state index in [1.165, 1.54) is 0 Å². The maximum atomic E-state index is 11.2. The lowest BCUT2D eigenvalue weighted by Crippen LogP contribution is -2.38. The van der Waals surface area contributed by atoms with Crippen LogP contribution in [0.25, 0.3) is 0 Å². The van der Waals surface area contributed by atoms with Crippen molar-refractivity contribution in [1.29, 1.82) is 0 Å². The van der Waals surface area contributed by atoms with Crippen molar-refractivity contribution in [1.82, 2.24) is 5.43 Å². The van der Waals surface area contributed by atoms with Gasteiger partial charge in [0.1, 0.15) is 5.75 Å². The van der Waals surface area contributed by atoms with Crippen molar-refractivity contribution < 1.29 is 9.53 Å². The van der Waals surface area contributed by atoms with E-state index in [0.717, 1.165) is 17.0 Å².